The minimum atomic E-state index is -4.00. The summed E-state index contributed by atoms with van der Waals surface area (Å²) in [5.74, 6) is -0.864. The van der Waals surface area contributed by atoms with Crippen LogP contribution >= 0.6 is 11.8 Å². The van der Waals surface area contributed by atoms with Gasteiger partial charge in [0.2, 0.25) is 10.0 Å². The van der Waals surface area contributed by atoms with E-state index < -0.39 is 38.0 Å². The van der Waals surface area contributed by atoms with Crippen molar-refractivity contribution in [2.24, 2.45) is 0 Å². The molecule has 0 atom stereocenters. The number of aromatic nitrogens is 2. The molecule has 1 aliphatic carbocycles. The van der Waals surface area contributed by atoms with Crippen molar-refractivity contribution in [2.75, 3.05) is 0 Å². The van der Waals surface area contributed by atoms with Crippen LogP contribution in [0.2, 0.25) is 0 Å². The molecule has 0 amide bonds. The number of hydrogen-bond donors (Lipinski definition) is 3. The number of rotatable bonds is 4. The molecule has 3 rings (SSSR count). The Morgan fingerprint density at radius 2 is 2.04 bits per heavy atom. The van der Waals surface area contributed by atoms with Crippen LogP contribution in [0, 0.1) is 16.6 Å². The summed E-state index contributed by atoms with van der Waals surface area (Å²) in [6.45, 7) is 1.73. The Kier molecular flexibility index (Phi) is 4.61. The second-order valence-corrected chi connectivity index (χ2v) is 8.85. The van der Waals surface area contributed by atoms with Gasteiger partial charge < -0.3 is 0 Å². The number of nitrogens with zero attached hydrogens (tertiary/aromatic N) is 2. The number of fused-ring (bicyclic) bond motifs is 1. The molecule has 0 aliphatic heterocycles. The van der Waals surface area contributed by atoms with Crippen LogP contribution in [0.4, 0.5) is 13.2 Å². The third-order valence-corrected chi connectivity index (χ3v) is 6.28. The van der Waals surface area contributed by atoms with Gasteiger partial charge in [-0.2, -0.15) is 5.10 Å². The highest BCUT2D eigenvalue weighted by Crippen LogP contribution is 2.36. The van der Waals surface area contributed by atoms with Crippen LogP contribution in [-0.4, -0.2) is 40.4 Å². The molecule has 12 heteroatoms. The number of hydrogen-bond acceptors (Lipinski definition) is 6. The molecule has 1 fully saturated rings. The monoisotopic (exact) mass is 405 g/mol. The minimum absolute atomic E-state index is 0.0597. The first-order valence-corrected chi connectivity index (χ1v) is 9.67. The second-order valence-electron chi connectivity index (χ2n) is 6.13. The lowest BCUT2D eigenvalue weighted by Gasteiger charge is -2.13. The second kappa shape index (κ2) is 6.35. The maximum Gasteiger partial charge on any atom is 0.286 e. The van der Waals surface area contributed by atoms with Gasteiger partial charge in [0, 0.05) is 5.54 Å². The molecule has 1 saturated carbocycles. The number of sulfonamides is 1. The minimum Gasteiger partial charge on any atom is -0.293 e. The lowest BCUT2D eigenvalue weighted by Crippen LogP contribution is -2.34. The van der Waals surface area contributed by atoms with Gasteiger partial charge in [0.15, 0.2) is 5.17 Å². The van der Waals surface area contributed by atoms with Crippen LogP contribution < -0.4 is 4.72 Å². The zero-order chi connectivity index (χ0) is 19.3. The van der Waals surface area contributed by atoms with Crippen molar-refractivity contribution in [3.8, 4) is 0 Å². The molecule has 0 radical (unpaired) electrons. The molecule has 1 aliphatic rings. The summed E-state index contributed by atoms with van der Waals surface area (Å²) >= 11 is 0.149. The third-order valence-electron chi connectivity index (χ3n) is 3.90. The number of nitrogens with one attached hydrogen (secondary N) is 3. The fourth-order valence-corrected chi connectivity index (χ4v) is 4.27. The van der Waals surface area contributed by atoms with Gasteiger partial charge in [-0.1, -0.05) is 0 Å². The Morgan fingerprint density at radius 1 is 1.38 bits per heavy atom. The van der Waals surface area contributed by atoms with Gasteiger partial charge in [-0.15, -0.1) is 0 Å². The van der Waals surface area contributed by atoms with E-state index in [4.69, 9.17) is 10.8 Å². The summed E-state index contributed by atoms with van der Waals surface area (Å²) in [6, 6.07) is 1.97. The normalized spacial score (nSPS) is 16.2. The van der Waals surface area contributed by atoms with Crippen LogP contribution in [0.15, 0.2) is 23.2 Å². The SMILES string of the molecule is CC1(NS(=O)(=O)c2cc(F)c3cnn(C(=N)SC(=N)C(F)F)c3c2)CC1. The molecule has 26 heavy (non-hydrogen) atoms. The van der Waals surface area contributed by atoms with Crippen molar-refractivity contribution in [2.45, 2.75) is 36.6 Å². The predicted octanol–water partition coefficient (Wildman–Crippen LogP) is 2.76. The van der Waals surface area contributed by atoms with E-state index in [0.29, 0.717) is 12.8 Å². The van der Waals surface area contributed by atoms with E-state index >= 15 is 0 Å². The van der Waals surface area contributed by atoms with Crippen LogP contribution in [0.1, 0.15) is 19.8 Å². The Morgan fingerprint density at radius 3 is 2.62 bits per heavy atom. The van der Waals surface area contributed by atoms with E-state index in [-0.39, 0.29) is 27.6 Å². The molecule has 1 heterocycles. The first kappa shape index (κ1) is 18.9. The van der Waals surface area contributed by atoms with Crippen molar-refractivity contribution < 1.29 is 21.6 Å². The topological polar surface area (TPSA) is 112 Å². The summed E-state index contributed by atoms with van der Waals surface area (Å²) in [7, 11) is -4.00. The Balaban J connectivity index is 2.01. The van der Waals surface area contributed by atoms with E-state index in [9.17, 15) is 21.6 Å². The molecule has 140 valence electrons. The Labute approximate surface area is 151 Å². The Hall–Kier alpha value is -1.92. The van der Waals surface area contributed by atoms with E-state index in [1.165, 1.54) is 0 Å². The zero-order valence-electron chi connectivity index (χ0n) is 13.4. The molecule has 7 nitrogen and oxygen atoms in total. The largest absolute Gasteiger partial charge is 0.293 e. The average molecular weight is 405 g/mol. The molecular formula is C14H14F3N5O2S2. The average Bonchev–Trinajstić information content (AvgIpc) is 3.08. The standard InChI is InChI=1S/C14H14F3N5O2S2/c1-14(2-3-14)21-26(23,24)7-4-9(15)8-6-20-22(10(8)5-7)13(19)25-12(18)11(16)17/h4-6,11,18-19,21H,2-3H2,1H3. The van der Waals surface area contributed by atoms with E-state index in [0.717, 1.165) is 23.0 Å². The molecule has 0 bridgehead atoms. The van der Waals surface area contributed by atoms with Crippen LogP contribution in [-0.2, 0) is 10.0 Å². The Bertz CT molecular complexity index is 1020. The van der Waals surface area contributed by atoms with Crippen LogP contribution in [0.3, 0.4) is 0 Å². The summed E-state index contributed by atoms with van der Waals surface area (Å²) in [6.07, 6.45) is -0.645. The van der Waals surface area contributed by atoms with Crippen LogP contribution in [0.25, 0.3) is 10.9 Å². The molecule has 1 aromatic carbocycles. The fraction of sp³-hybridized carbons (Fsp3) is 0.357. The van der Waals surface area contributed by atoms with Crippen molar-refractivity contribution in [3.63, 3.8) is 0 Å². The molecule has 1 aromatic heterocycles. The van der Waals surface area contributed by atoms with E-state index in [1.807, 2.05) is 0 Å². The van der Waals surface area contributed by atoms with Gasteiger partial charge in [-0.25, -0.2) is 31.0 Å². The number of halogens is 3. The van der Waals surface area contributed by atoms with Gasteiger partial charge >= 0.3 is 0 Å². The summed E-state index contributed by atoms with van der Waals surface area (Å²) in [5, 5.41) is 17.0. The first-order valence-electron chi connectivity index (χ1n) is 7.37. The fourth-order valence-electron chi connectivity index (χ4n) is 2.24. The molecule has 0 unspecified atom stereocenters. The predicted molar refractivity (Wildman–Crippen MR) is 92.1 cm³/mol. The van der Waals surface area contributed by atoms with Crippen molar-refractivity contribution >= 4 is 42.9 Å². The third kappa shape index (κ3) is 3.62. The lowest BCUT2D eigenvalue weighted by atomic mass is 10.2. The van der Waals surface area contributed by atoms with E-state index in [1.54, 1.807) is 6.92 Å². The smallest absolute Gasteiger partial charge is 0.286 e. The van der Waals surface area contributed by atoms with Crippen molar-refractivity contribution in [3.05, 3.63) is 24.1 Å². The molecule has 3 N–H and O–H groups in total. The van der Waals surface area contributed by atoms with Crippen molar-refractivity contribution in [1.29, 1.82) is 10.8 Å². The van der Waals surface area contributed by atoms with Gasteiger partial charge in [-0.3, -0.25) is 10.8 Å². The summed E-state index contributed by atoms with van der Waals surface area (Å²) < 4.78 is 67.5. The summed E-state index contributed by atoms with van der Waals surface area (Å²) in [5.41, 5.74) is -0.620. The molecule has 0 saturated heterocycles. The van der Waals surface area contributed by atoms with Gasteiger partial charge in [0.25, 0.3) is 6.43 Å². The van der Waals surface area contributed by atoms with Gasteiger partial charge in [0.1, 0.15) is 10.9 Å². The number of thioether (sulfide) groups is 1. The lowest BCUT2D eigenvalue weighted by molar-refractivity contribution is 0.228. The zero-order valence-corrected chi connectivity index (χ0v) is 15.0. The van der Waals surface area contributed by atoms with Gasteiger partial charge in [0.05, 0.1) is 22.0 Å². The first-order chi connectivity index (χ1) is 12.0. The molecule has 0 spiro atoms. The summed E-state index contributed by atoms with van der Waals surface area (Å²) in [4.78, 5) is -0.348. The quantitative estimate of drug-likeness (QED) is 0.536. The highest BCUT2D eigenvalue weighted by Gasteiger charge is 2.41. The number of benzene rings is 1. The van der Waals surface area contributed by atoms with Crippen molar-refractivity contribution in [1.82, 2.24) is 14.5 Å². The van der Waals surface area contributed by atoms with E-state index in [2.05, 4.69) is 9.82 Å². The number of alkyl halides is 2. The highest BCUT2D eigenvalue weighted by atomic mass is 32.2. The molecule has 2 aromatic rings. The maximum atomic E-state index is 14.3. The van der Waals surface area contributed by atoms with Gasteiger partial charge in [-0.05, 0) is 43.7 Å². The van der Waals surface area contributed by atoms with Crippen LogP contribution in [0.5, 0.6) is 0 Å². The molecular weight excluding hydrogens is 391 g/mol. The maximum absolute atomic E-state index is 14.3. The highest BCUT2D eigenvalue weighted by molar-refractivity contribution is 8.26.